The number of ether oxygens (including phenoxy) is 6. The van der Waals surface area contributed by atoms with E-state index in [2.05, 4.69) is 98.2 Å². The lowest BCUT2D eigenvalue weighted by Gasteiger charge is -2.48. The third-order valence-electron chi connectivity index (χ3n) is 16.0. The second-order valence-corrected chi connectivity index (χ2v) is 23.2. The van der Waals surface area contributed by atoms with Crippen molar-refractivity contribution < 1.29 is 89.4 Å². The van der Waals surface area contributed by atoms with Gasteiger partial charge in [0.1, 0.15) is 73.2 Å². The summed E-state index contributed by atoms with van der Waals surface area (Å²) in [7, 11) is 0. The number of allylic oxidation sites excluding steroid dienone is 14. The van der Waals surface area contributed by atoms with E-state index in [1.807, 2.05) is 6.08 Å². The fourth-order valence-electron chi connectivity index (χ4n) is 10.7. The Hall–Kier alpha value is -3.03. The Kier molecular flexibility index (Phi) is 43.8. The predicted molar refractivity (Wildman–Crippen MR) is 332 cm³/mol. The van der Waals surface area contributed by atoms with Crippen LogP contribution in [-0.2, 0) is 33.2 Å². The number of carbonyl (C=O) groups is 1. The molecule has 3 aliphatic rings. The molecular weight excluding hydrogens is 1110 g/mol. The molecule has 0 aromatic rings. The fourth-order valence-corrected chi connectivity index (χ4v) is 10.7. The van der Waals surface area contributed by atoms with Gasteiger partial charge in [0.05, 0.1) is 38.6 Å². The van der Waals surface area contributed by atoms with E-state index < -0.39 is 124 Å². The zero-order valence-corrected chi connectivity index (χ0v) is 52.0. The Bertz CT molecular complexity index is 1890. The molecule has 0 spiro atoms. The van der Waals surface area contributed by atoms with Crippen molar-refractivity contribution in [3.8, 4) is 0 Å². The van der Waals surface area contributed by atoms with Crippen molar-refractivity contribution >= 4 is 5.91 Å². The molecule has 0 saturated carbocycles. The molecule has 496 valence electrons. The van der Waals surface area contributed by atoms with E-state index in [-0.39, 0.29) is 18.9 Å². The molecular formula is C67H115NO18. The van der Waals surface area contributed by atoms with Crippen molar-refractivity contribution in [1.82, 2.24) is 5.32 Å². The normalized spacial score (nSPS) is 29.3. The first-order valence-electron chi connectivity index (χ1n) is 32.8. The lowest BCUT2D eigenvalue weighted by molar-refractivity contribution is -0.379. The van der Waals surface area contributed by atoms with Gasteiger partial charge in [-0.15, -0.1) is 0 Å². The molecule has 19 nitrogen and oxygen atoms in total. The van der Waals surface area contributed by atoms with E-state index in [0.717, 1.165) is 64.2 Å². The Morgan fingerprint density at radius 3 is 1.21 bits per heavy atom. The van der Waals surface area contributed by atoms with Crippen LogP contribution in [0.3, 0.4) is 0 Å². The highest BCUT2D eigenvalue weighted by Crippen LogP contribution is 2.33. The summed E-state index contributed by atoms with van der Waals surface area (Å²) in [6.45, 7) is 1.63. The van der Waals surface area contributed by atoms with Crippen LogP contribution in [0.15, 0.2) is 85.1 Å². The smallest absolute Gasteiger partial charge is 0.220 e. The second-order valence-electron chi connectivity index (χ2n) is 23.2. The molecule has 86 heavy (non-hydrogen) atoms. The molecule has 1 amide bonds. The third kappa shape index (κ3) is 31.1. The predicted octanol–water partition coefficient (Wildman–Crippen LogP) is 7.54. The van der Waals surface area contributed by atoms with Crippen LogP contribution in [0.2, 0.25) is 0 Å². The van der Waals surface area contributed by atoms with Gasteiger partial charge in [-0.2, -0.15) is 0 Å². The van der Waals surface area contributed by atoms with E-state index in [9.17, 15) is 61.0 Å². The van der Waals surface area contributed by atoms with Crippen LogP contribution in [0.1, 0.15) is 200 Å². The lowest BCUT2D eigenvalue weighted by Crippen LogP contribution is -2.66. The zero-order valence-electron chi connectivity index (χ0n) is 52.0. The first kappa shape index (κ1) is 77.2. The summed E-state index contributed by atoms with van der Waals surface area (Å²) >= 11 is 0. The summed E-state index contributed by atoms with van der Waals surface area (Å²) in [5, 5.41) is 120. The van der Waals surface area contributed by atoms with Crippen LogP contribution in [0.5, 0.6) is 0 Å². The van der Waals surface area contributed by atoms with Gasteiger partial charge in [-0.1, -0.05) is 214 Å². The van der Waals surface area contributed by atoms with E-state index >= 15 is 0 Å². The maximum absolute atomic E-state index is 13.4. The third-order valence-corrected chi connectivity index (χ3v) is 16.0. The number of aliphatic hydroxyl groups excluding tert-OH is 11. The Morgan fingerprint density at radius 2 is 0.791 bits per heavy atom. The summed E-state index contributed by atoms with van der Waals surface area (Å²) in [4.78, 5) is 13.4. The van der Waals surface area contributed by atoms with Crippen LogP contribution in [0.4, 0.5) is 0 Å². The number of carbonyl (C=O) groups excluding carboxylic acids is 1. The average molecular weight is 1220 g/mol. The molecule has 3 aliphatic heterocycles. The number of hydrogen-bond donors (Lipinski definition) is 12. The molecule has 19 heteroatoms. The van der Waals surface area contributed by atoms with Crippen molar-refractivity contribution in [3.05, 3.63) is 85.1 Å². The van der Waals surface area contributed by atoms with E-state index in [1.54, 1.807) is 0 Å². The molecule has 12 N–H and O–H groups in total. The summed E-state index contributed by atoms with van der Waals surface area (Å²) < 4.78 is 34.3. The fraction of sp³-hybridized carbons (Fsp3) is 0.776. The number of hydrogen-bond acceptors (Lipinski definition) is 18. The summed E-state index contributed by atoms with van der Waals surface area (Å²) in [5.74, 6) is -0.303. The standard InChI is InChI=1S/C67H115NO18/c1-3-5-7-9-11-13-15-17-19-21-23-24-25-26-27-29-31-33-35-37-39-41-43-45-55(73)68-50(51(72)44-42-40-38-36-34-32-30-28-22-20-18-16-14-12-10-8-6-4-2)49-81-65-61(79)58(76)63(53(47-70)83-65)86-67-62(80)59(77)64(54(48-71)84-67)85-66-60(78)57(75)56(74)52(46-69)82-66/h5,7,11,13,17,19,23-24,26-27,31,33,37,39,50-54,56-67,69-72,74-80H,3-4,6,8-10,12,14-16,18,20-22,25,28-30,32,34-36,38,40-49H2,1-2H3,(H,68,73)/b7-5-,13-11-,19-17-,24-23-,27-26-,33-31-,39-37-. The van der Waals surface area contributed by atoms with Gasteiger partial charge in [0, 0.05) is 6.42 Å². The van der Waals surface area contributed by atoms with Gasteiger partial charge in [-0.25, -0.2) is 0 Å². The van der Waals surface area contributed by atoms with Crippen molar-refractivity contribution in [2.75, 3.05) is 26.4 Å². The molecule has 3 saturated heterocycles. The Balaban J connectivity index is 1.49. The van der Waals surface area contributed by atoms with Crippen molar-refractivity contribution in [3.63, 3.8) is 0 Å². The minimum Gasteiger partial charge on any atom is -0.394 e. The van der Waals surface area contributed by atoms with Gasteiger partial charge < -0.3 is 89.9 Å². The molecule has 3 heterocycles. The highest BCUT2D eigenvalue weighted by Gasteiger charge is 2.53. The Morgan fingerprint density at radius 1 is 0.430 bits per heavy atom. The van der Waals surface area contributed by atoms with Crippen molar-refractivity contribution in [2.45, 2.75) is 304 Å². The highest BCUT2D eigenvalue weighted by atomic mass is 16.8. The van der Waals surface area contributed by atoms with Gasteiger partial charge >= 0.3 is 0 Å². The Labute approximate surface area is 514 Å². The van der Waals surface area contributed by atoms with Gasteiger partial charge in [0.25, 0.3) is 0 Å². The first-order chi connectivity index (χ1) is 41.8. The topological polar surface area (TPSA) is 307 Å². The van der Waals surface area contributed by atoms with Crippen molar-refractivity contribution in [2.24, 2.45) is 0 Å². The van der Waals surface area contributed by atoms with Gasteiger partial charge in [0.15, 0.2) is 18.9 Å². The van der Waals surface area contributed by atoms with Gasteiger partial charge in [0.2, 0.25) is 5.91 Å². The number of aliphatic hydroxyl groups is 11. The molecule has 0 radical (unpaired) electrons. The van der Waals surface area contributed by atoms with Gasteiger partial charge in [-0.05, 0) is 64.2 Å². The summed E-state index contributed by atoms with van der Waals surface area (Å²) in [6, 6.07) is -0.924. The van der Waals surface area contributed by atoms with Crippen LogP contribution in [0.25, 0.3) is 0 Å². The van der Waals surface area contributed by atoms with E-state index in [4.69, 9.17) is 28.4 Å². The summed E-state index contributed by atoms with van der Waals surface area (Å²) in [6.07, 6.45) is 33.7. The number of amides is 1. The molecule has 0 aliphatic carbocycles. The van der Waals surface area contributed by atoms with Crippen molar-refractivity contribution in [1.29, 1.82) is 0 Å². The minimum atomic E-state index is -1.98. The molecule has 17 atom stereocenters. The molecule has 0 aromatic heterocycles. The van der Waals surface area contributed by atoms with Crippen LogP contribution in [-0.4, -0.2) is 193 Å². The monoisotopic (exact) mass is 1220 g/mol. The quantitative estimate of drug-likeness (QED) is 0.0207. The molecule has 3 rings (SSSR count). The van der Waals surface area contributed by atoms with Crippen LogP contribution >= 0.6 is 0 Å². The largest absolute Gasteiger partial charge is 0.394 e. The van der Waals surface area contributed by atoms with E-state index in [1.165, 1.54) is 89.9 Å². The second kappa shape index (κ2) is 48.8. The average Bonchev–Trinajstić information content (AvgIpc) is 1.83. The lowest BCUT2D eigenvalue weighted by atomic mass is 9.96. The molecule has 0 aromatic carbocycles. The van der Waals surface area contributed by atoms with E-state index in [0.29, 0.717) is 25.7 Å². The maximum atomic E-state index is 13.4. The highest BCUT2D eigenvalue weighted by molar-refractivity contribution is 5.76. The SMILES string of the molecule is CC/C=C\C/C=C\C/C=C\C/C=C\C/C=C\C/C=C\C/C=C\CCCC(=O)NC(COC1OC(CO)C(OC2OC(CO)C(OC3OC(CO)C(O)C(O)C3O)C(O)C2O)C(O)C1O)C(O)CCCCCCCCCCCCCCCCCCCC. The van der Waals surface area contributed by atoms with Crippen LogP contribution in [0, 0.1) is 0 Å². The van der Waals surface area contributed by atoms with Crippen LogP contribution < -0.4 is 5.32 Å². The molecule has 3 fully saturated rings. The molecule has 17 unspecified atom stereocenters. The first-order valence-corrected chi connectivity index (χ1v) is 32.8. The maximum Gasteiger partial charge on any atom is 0.220 e. The number of unbranched alkanes of at least 4 members (excludes halogenated alkanes) is 18. The summed E-state index contributed by atoms with van der Waals surface area (Å²) in [5.41, 5.74) is 0. The number of nitrogens with one attached hydrogen (secondary N) is 1. The number of rotatable bonds is 48. The minimum absolute atomic E-state index is 0.182. The zero-order chi connectivity index (χ0) is 62.6. The van der Waals surface area contributed by atoms with Gasteiger partial charge in [-0.3, -0.25) is 4.79 Å². The molecule has 0 bridgehead atoms.